The minimum atomic E-state index is -0.0315. The standard InChI is InChI=1S/C13H13Cl2NO/c14-10(3-7-1-2-7)9-4-8-5-13(17)16-12(8)6-11(9)15/h4,6-7,10H,1-3,5H2,(H,16,17). The van der Waals surface area contributed by atoms with Gasteiger partial charge in [0.25, 0.3) is 0 Å². The van der Waals surface area contributed by atoms with Gasteiger partial charge in [-0.25, -0.2) is 0 Å². The van der Waals surface area contributed by atoms with Gasteiger partial charge in [-0.05, 0) is 29.5 Å². The molecule has 2 aliphatic rings. The summed E-state index contributed by atoms with van der Waals surface area (Å²) in [6.45, 7) is 0. The maximum Gasteiger partial charge on any atom is 0.228 e. The summed E-state index contributed by atoms with van der Waals surface area (Å²) in [5.41, 5.74) is 2.81. The molecule has 3 rings (SSSR count). The molecule has 1 amide bonds. The van der Waals surface area contributed by atoms with Crippen molar-refractivity contribution < 1.29 is 4.79 Å². The summed E-state index contributed by atoms with van der Waals surface area (Å²) in [4.78, 5) is 11.3. The fourth-order valence-electron chi connectivity index (χ4n) is 2.28. The molecule has 0 radical (unpaired) electrons. The molecule has 0 aromatic heterocycles. The minimum Gasteiger partial charge on any atom is -0.325 e. The van der Waals surface area contributed by atoms with Crippen molar-refractivity contribution in [2.75, 3.05) is 5.32 Å². The predicted molar refractivity (Wildman–Crippen MR) is 69.7 cm³/mol. The van der Waals surface area contributed by atoms with Crippen molar-refractivity contribution in [3.05, 3.63) is 28.3 Å². The van der Waals surface area contributed by atoms with Crippen LogP contribution in [-0.4, -0.2) is 5.91 Å². The van der Waals surface area contributed by atoms with Gasteiger partial charge in [0.2, 0.25) is 5.91 Å². The van der Waals surface area contributed by atoms with Gasteiger partial charge in [0.1, 0.15) is 0 Å². The Morgan fingerprint density at radius 3 is 2.88 bits per heavy atom. The van der Waals surface area contributed by atoms with E-state index < -0.39 is 0 Å². The Bertz CT molecular complexity index is 483. The minimum absolute atomic E-state index is 0.0292. The monoisotopic (exact) mass is 269 g/mol. The molecular weight excluding hydrogens is 257 g/mol. The van der Waals surface area contributed by atoms with E-state index >= 15 is 0 Å². The molecule has 0 saturated heterocycles. The third-order valence-electron chi connectivity index (χ3n) is 3.42. The van der Waals surface area contributed by atoms with Crippen LogP contribution in [0.4, 0.5) is 5.69 Å². The van der Waals surface area contributed by atoms with Gasteiger partial charge in [0.15, 0.2) is 0 Å². The molecule has 1 aliphatic heterocycles. The average Bonchev–Trinajstić information content (AvgIpc) is 2.98. The van der Waals surface area contributed by atoms with Gasteiger partial charge in [-0.2, -0.15) is 0 Å². The first-order valence-electron chi connectivity index (χ1n) is 5.89. The molecule has 4 heteroatoms. The van der Waals surface area contributed by atoms with Gasteiger partial charge < -0.3 is 5.32 Å². The van der Waals surface area contributed by atoms with E-state index in [1.54, 1.807) is 0 Å². The number of anilines is 1. The van der Waals surface area contributed by atoms with E-state index in [-0.39, 0.29) is 11.3 Å². The van der Waals surface area contributed by atoms with Crippen molar-refractivity contribution in [2.45, 2.75) is 31.1 Å². The second-order valence-electron chi connectivity index (χ2n) is 4.90. The van der Waals surface area contributed by atoms with Crippen LogP contribution in [0.15, 0.2) is 12.1 Å². The van der Waals surface area contributed by atoms with Crippen molar-refractivity contribution in [3.63, 3.8) is 0 Å². The third kappa shape index (κ3) is 2.29. The van der Waals surface area contributed by atoms with Crippen LogP contribution < -0.4 is 5.32 Å². The van der Waals surface area contributed by atoms with Crippen LogP contribution in [0, 0.1) is 5.92 Å². The number of alkyl halides is 1. The molecule has 1 aliphatic carbocycles. The molecule has 1 aromatic rings. The summed E-state index contributed by atoms with van der Waals surface area (Å²) >= 11 is 12.6. The lowest BCUT2D eigenvalue weighted by Gasteiger charge is -2.13. The van der Waals surface area contributed by atoms with Crippen molar-refractivity contribution in [3.8, 4) is 0 Å². The smallest absolute Gasteiger partial charge is 0.228 e. The maximum atomic E-state index is 11.3. The Balaban J connectivity index is 1.89. The summed E-state index contributed by atoms with van der Waals surface area (Å²) in [5, 5.41) is 3.42. The van der Waals surface area contributed by atoms with E-state index in [2.05, 4.69) is 5.32 Å². The first-order chi connectivity index (χ1) is 8.13. The first-order valence-corrected chi connectivity index (χ1v) is 6.71. The lowest BCUT2D eigenvalue weighted by molar-refractivity contribution is -0.115. The number of halogens is 2. The highest BCUT2D eigenvalue weighted by Crippen LogP contribution is 2.43. The number of benzene rings is 1. The SMILES string of the molecule is O=C1Cc2cc(C(Cl)CC3CC3)c(Cl)cc2N1. The van der Waals surface area contributed by atoms with Crippen LogP contribution in [0.1, 0.15) is 35.8 Å². The Hall–Kier alpha value is -0.730. The summed E-state index contributed by atoms with van der Waals surface area (Å²) in [6, 6.07) is 3.80. The highest BCUT2D eigenvalue weighted by Gasteiger charge is 2.27. The van der Waals surface area contributed by atoms with Crippen LogP contribution in [0.5, 0.6) is 0 Å². The normalized spacial score (nSPS) is 20.0. The summed E-state index contributed by atoms with van der Waals surface area (Å²) in [6.07, 6.45) is 3.99. The Morgan fingerprint density at radius 2 is 2.18 bits per heavy atom. The lowest BCUT2D eigenvalue weighted by Crippen LogP contribution is -2.03. The van der Waals surface area contributed by atoms with Gasteiger partial charge in [-0.3, -0.25) is 4.79 Å². The van der Waals surface area contributed by atoms with Crippen molar-refractivity contribution in [1.29, 1.82) is 0 Å². The van der Waals surface area contributed by atoms with Gasteiger partial charge in [0, 0.05) is 10.7 Å². The molecule has 1 heterocycles. The van der Waals surface area contributed by atoms with E-state index in [9.17, 15) is 4.79 Å². The Labute approximate surface area is 110 Å². The molecule has 0 bridgehead atoms. The molecule has 1 fully saturated rings. The van der Waals surface area contributed by atoms with Gasteiger partial charge >= 0.3 is 0 Å². The predicted octanol–water partition coefficient (Wildman–Crippen LogP) is 3.91. The highest BCUT2D eigenvalue weighted by atomic mass is 35.5. The topological polar surface area (TPSA) is 29.1 Å². The van der Waals surface area contributed by atoms with Crippen molar-refractivity contribution >= 4 is 34.8 Å². The molecular formula is C13H13Cl2NO. The highest BCUT2D eigenvalue weighted by molar-refractivity contribution is 6.33. The Kier molecular flexibility index (Phi) is 2.80. The van der Waals surface area contributed by atoms with Crippen molar-refractivity contribution in [2.24, 2.45) is 5.92 Å². The first kappa shape index (κ1) is 11.4. The quantitative estimate of drug-likeness (QED) is 0.829. The number of carbonyl (C=O) groups excluding carboxylic acids is 1. The summed E-state index contributed by atoms with van der Waals surface area (Å²) in [7, 11) is 0. The number of amides is 1. The van der Waals surface area contributed by atoms with Gasteiger partial charge in [0.05, 0.1) is 11.8 Å². The third-order valence-corrected chi connectivity index (χ3v) is 4.16. The molecule has 0 spiro atoms. The second-order valence-corrected chi connectivity index (χ2v) is 5.84. The van der Waals surface area contributed by atoms with E-state index in [0.717, 1.165) is 29.2 Å². The molecule has 1 saturated carbocycles. The van der Waals surface area contributed by atoms with Crippen LogP contribution in [0.2, 0.25) is 5.02 Å². The van der Waals surface area contributed by atoms with E-state index in [1.807, 2.05) is 12.1 Å². The molecule has 1 N–H and O–H groups in total. The molecule has 90 valence electrons. The number of hydrogen-bond acceptors (Lipinski definition) is 1. The molecule has 1 aromatic carbocycles. The molecule has 1 unspecified atom stereocenters. The van der Waals surface area contributed by atoms with Crippen LogP contribution >= 0.6 is 23.2 Å². The van der Waals surface area contributed by atoms with Crippen LogP contribution in [-0.2, 0) is 11.2 Å². The zero-order valence-electron chi connectivity index (χ0n) is 9.30. The van der Waals surface area contributed by atoms with Crippen LogP contribution in [0.3, 0.4) is 0 Å². The molecule has 1 atom stereocenters. The zero-order valence-corrected chi connectivity index (χ0v) is 10.8. The fraction of sp³-hybridized carbons (Fsp3) is 0.462. The fourth-order valence-corrected chi connectivity index (χ4v) is 3.06. The number of fused-ring (bicyclic) bond motifs is 1. The summed E-state index contributed by atoms with van der Waals surface area (Å²) in [5.74, 6) is 0.795. The summed E-state index contributed by atoms with van der Waals surface area (Å²) < 4.78 is 0. The van der Waals surface area contributed by atoms with E-state index in [4.69, 9.17) is 23.2 Å². The van der Waals surface area contributed by atoms with E-state index in [1.165, 1.54) is 12.8 Å². The zero-order chi connectivity index (χ0) is 12.0. The maximum absolute atomic E-state index is 11.3. The average molecular weight is 270 g/mol. The Morgan fingerprint density at radius 1 is 1.41 bits per heavy atom. The van der Waals surface area contributed by atoms with Crippen LogP contribution in [0.25, 0.3) is 0 Å². The largest absolute Gasteiger partial charge is 0.325 e. The number of carbonyl (C=O) groups is 1. The number of hydrogen-bond donors (Lipinski definition) is 1. The van der Waals surface area contributed by atoms with E-state index in [0.29, 0.717) is 11.4 Å². The van der Waals surface area contributed by atoms with Crippen molar-refractivity contribution in [1.82, 2.24) is 0 Å². The number of nitrogens with one attached hydrogen (secondary N) is 1. The van der Waals surface area contributed by atoms with Gasteiger partial charge in [-0.1, -0.05) is 30.5 Å². The lowest BCUT2D eigenvalue weighted by atomic mass is 10.0. The van der Waals surface area contributed by atoms with Gasteiger partial charge in [-0.15, -0.1) is 11.6 Å². The second kappa shape index (κ2) is 4.18. The molecule has 2 nitrogen and oxygen atoms in total. The number of rotatable bonds is 3. The molecule has 17 heavy (non-hydrogen) atoms.